The maximum atomic E-state index is 13.8. The molecule has 1 atom stereocenters. The molecule has 0 radical (unpaired) electrons. The Balaban J connectivity index is 1.79. The van der Waals surface area contributed by atoms with E-state index in [0.717, 1.165) is 5.56 Å². The topological polar surface area (TPSA) is 44.5 Å². The fourth-order valence-corrected chi connectivity index (χ4v) is 2.53. The molecule has 6 heteroatoms. The summed E-state index contributed by atoms with van der Waals surface area (Å²) in [5.74, 6) is -0.179. The summed E-state index contributed by atoms with van der Waals surface area (Å²) in [6.07, 6.45) is 0. The van der Waals surface area contributed by atoms with Crippen LogP contribution in [0.25, 0.3) is 0 Å². The van der Waals surface area contributed by atoms with E-state index >= 15 is 0 Å². The van der Waals surface area contributed by atoms with Crippen LogP contribution in [-0.2, 0) is 6.61 Å². The van der Waals surface area contributed by atoms with Crippen molar-refractivity contribution < 1.29 is 18.3 Å². The van der Waals surface area contributed by atoms with Crippen molar-refractivity contribution in [3.05, 3.63) is 57.6 Å². The zero-order chi connectivity index (χ0) is 15.0. The molecule has 1 heterocycles. The van der Waals surface area contributed by atoms with Crippen LogP contribution in [0.2, 0.25) is 0 Å². The highest BCUT2D eigenvalue weighted by Crippen LogP contribution is 2.34. The molecule has 1 aliphatic heterocycles. The van der Waals surface area contributed by atoms with Gasteiger partial charge in [0.1, 0.15) is 36.3 Å². The highest BCUT2D eigenvalue weighted by molar-refractivity contribution is 9.10. The molecule has 0 aliphatic carbocycles. The van der Waals surface area contributed by atoms with Gasteiger partial charge in [-0.25, -0.2) is 8.78 Å². The Morgan fingerprint density at radius 3 is 2.90 bits per heavy atom. The average molecular weight is 356 g/mol. The van der Waals surface area contributed by atoms with Crippen LogP contribution in [-0.4, -0.2) is 6.61 Å². The molecule has 2 aromatic rings. The van der Waals surface area contributed by atoms with E-state index in [1.165, 1.54) is 12.1 Å². The van der Waals surface area contributed by atoms with Gasteiger partial charge < -0.3 is 15.2 Å². The second-order valence-electron chi connectivity index (χ2n) is 4.73. The number of hydrogen-bond donors (Lipinski definition) is 1. The lowest BCUT2D eigenvalue weighted by Gasteiger charge is -2.10. The van der Waals surface area contributed by atoms with Gasteiger partial charge in [-0.15, -0.1) is 0 Å². The smallest absolute Gasteiger partial charge is 0.146 e. The Labute approximate surface area is 128 Å². The van der Waals surface area contributed by atoms with Crippen molar-refractivity contribution in [2.45, 2.75) is 12.6 Å². The molecule has 2 N–H and O–H groups in total. The van der Waals surface area contributed by atoms with Crippen LogP contribution < -0.4 is 15.2 Å². The third kappa shape index (κ3) is 2.73. The first-order valence-corrected chi connectivity index (χ1v) is 7.13. The molecule has 1 unspecified atom stereocenters. The first-order valence-electron chi connectivity index (χ1n) is 6.34. The van der Waals surface area contributed by atoms with Gasteiger partial charge in [0.15, 0.2) is 0 Å². The molecule has 0 saturated carbocycles. The number of halogens is 3. The van der Waals surface area contributed by atoms with E-state index in [1.807, 2.05) is 0 Å². The number of hydrogen-bond acceptors (Lipinski definition) is 3. The molecule has 2 aromatic carbocycles. The van der Waals surface area contributed by atoms with E-state index in [-0.39, 0.29) is 22.7 Å². The molecule has 0 saturated heterocycles. The fraction of sp³-hybridized carbons (Fsp3) is 0.200. The second-order valence-corrected chi connectivity index (χ2v) is 5.58. The molecule has 110 valence electrons. The highest BCUT2D eigenvalue weighted by Gasteiger charge is 2.21. The second kappa shape index (κ2) is 5.61. The van der Waals surface area contributed by atoms with Crippen molar-refractivity contribution in [1.29, 1.82) is 0 Å². The SMILES string of the molecule is NC1COc2cc(OCc3c(F)ccc(Br)c3F)ccc21. The number of fused-ring (bicyclic) bond motifs is 1. The zero-order valence-corrected chi connectivity index (χ0v) is 12.5. The summed E-state index contributed by atoms with van der Waals surface area (Å²) >= 11 is 3.02. The Hall–Kier alpha value is -1.66. The Morgan fingerprint density at radius 2 is 2.10 bits per heavy atom. The summed E-state index contributed by atoms with van der Waals surface area (Å²) in [7, 11) is 0. The Bertz CT molecular complexity index is 694. The van der Waals surface area contributed by atoms with E-state index in [0.29, 0.717) is 18.1 Å². The average Bonchev–Trinajstić information content (AvgIpc) is 2.84. The molecule has 1 aliphatic rings. The summed E-state index contributed by atoms with van der Waals surface area (Å²) in [4.78, 5) is 0. The van der Waals surface area contributed by atoms with Crippen LogP contribution in [0.4, 0.5) is 8.78 Å². The third-order valence-corrected chi connectivity index (χ3v) is 3.94. The van der Waals surface area contributed by atoms with Gasteiger partial charge in [-0.1, -0.05) is 0 Å². The van der Waals surface area contributed by atoms with Gasteiger partial charge in [0.05, 0.1) is 16.1 Å². The summed E-state index contributed by atoms with van der Waals surface area (Å²) in [6, 6.07) is 7.55. The maximum absolute atomic E-state index is 13.8. The van der Waals surface area contributed by atoms with Gasteiger partial charge in [0, 0.05) is 11.6 Å². The van der Waals surface area contributed by atoms with Crippen LogP contribution in [0.1, 0.15) is 17.2 Å². The van der Waals surface area contributed by atoms with Gasteiger partial charge >= 0.3 is 0 Å². The van der Waals surface area contributed by atoms with Crippen LogP contribution in [0.3, 0.4) is 0 Å². The molecular formula is C15H12BrF2NO2. The summed E-state index contributed by atoms with van der Waals surface area (Å²) in [6.45, 7) is 0.218. The van der Waals surface area contributed by atoms with Crippen molar-refractivity contribution in [2.24, 2.45) is 5.73 Å². The molecule has 3 rings (SSSR count). The first-order chi connectivity index (χ1) is 10.1. The quantitative estimate of drug-likeness (QED) is 0.853. The predicted molar refractivity (Wildman–Crippen MR) is 77.3 cm³/mol. The van der Waals surface area contributed by atoms with Gasteiger partial charge in [0.2, 0.25) is 0 Å². The molecule has 21 heavy (non-hydrogen) atoms. The van der Waals surface area contributed by atoms with Gasteiger partial charge in [-0.05, 0) is 40.2 Å². The Kier molecular flexibility index (Phi) is 3.82. The summed E-state index contributed by atoms with van der Waals surface area (Å²) in [5.41, 5.74) is 6.63. The highest BCUT2D eigenvalue weighted by atomic mass is 79.9. The first kappa shape index (κ1) is 14.3. The van der Waals surface area contributed by atoms with Gasteiger partial charge in [-0.2, -0.15) is 0 Å². The molecule has 0 bridgehead atoms. The van der Waals surface area contributed by atoms with Crippen molar-refractivity contribution in [1.82, 2.24) is 0 Å². The number of nitrogens with two attached hydrogens (primary N) is 1. The normalized spacial score (nSPS) is 16.5. The van der Waals surface area contributed by atoms with Crippen molar-refractivity contribution in [3.8, 4) is 11.5 Å². The van der Waals surface area contributed by atoms with Gasteiger partial charge in [0.25, 0.3) is 0 Å². The number of benzene rings is 2. The number of ether oxygens (including phenoxy) is 2. The van der Waals surface area contributed by atoms with Crippen LogP contribution in [0, 0.1) is 11.6 Å². The molecule has 0 spiro atoms. The van der Waals surface area contributed by atoms with E-state index in [9.17, 15) is 8.78 Å². The molecule has 3 nitrogen and oxygen atoms in total. The predicted octanol–water partition coefficient (Wildman–Crippen LogP) is 3.70. The third-order valence-electron chi connectivity index (χ3n) is 3.32. The van der Waals surface area contributed by atoms with Crippen LogP contribution >= 0.6 is 15.9 Å². The lowest BCUT2D eigenvalue weighted by Crippen LogP contribution is -2.10. The van der Waals surface area contributed by atoms with Crippen LogP contribution in [0.15, 0.2) is 34.8 Å². The fourth-order valence-electron chi connectivity index (χ4n) is 2.16. The minimum atomic E-state index is -0.658. The minimum absolute atomic E-state index is 0.123. The zero-order valence-electron chi connectivity index (χ0n) is 10.9. The van der Waals surface area contributed by atoms with E-state index in [1.54, 1.807) is 18.2 Å². The molecule has 0 fully saturated rings. The molecule has 0 amide bonds. The molecular weight excluding hydrogens is 344 g/mol. The van der Waals surface area contributed by atoms with Crippen molar-refractivity contribution in [3.63, 3.8) is 0 Å². The largest absolute Gasteiger partial charge is 0.491 e. The summed E-state index contributed by atoms with van der Waals surface area (Å²) in [5, 5.41) is 0. The van der Waals surface area contributed by atoms with Gasteiger partial charge in [-0.3, -0.25) is 0 Å². The minimum Gasteiger partial charge on any atom is -0.491 e. The maximum Gasteiger partial charge on any atom is 0.146 e. The molecule has 0 aromatic heterocycles. The monoisotopic (exact) mass is 355 g/mol. The van der Waals surface area contributed by atoms with E-state index < -0.39 is 11.6 Å². The van der Waals surface area contributed by atoms with Crippen LogP contribution in [0.5, 0.6) is 11.5 Å². The van der Waals surface area contributed by atoms with E-state index in [2.05, 4.69) is 15.9 Å². The standard InChI is InChI=1S/C15H12BrF2NO2/c16-11-3-4-12(17)10(15(11)18)6-20-8-1-2-9-13(19)7-21-14(9)5-8/h1-5,13H,6-7,19H2. The van der Waals surface area contributed by atoms with Crippen molar-refractivity contribution in [2.75, 3.05) is 6.61 Å². The number of rotatable bonds is 3. The lowest BCUT2D eigenvalue weighted by atomic mass is 10.1. The van der Waals surface area contributed by atoms with Crippen molar-refractivity contribution >= 4 is 15.9 Å². The van der Waals surface area contributed by atoms with E-state index in [4.69, 9.17) is 15.2 Å². The lowest BCUT2D eigenvalue weighted by molar-refractivity contribution is 0.288. The Morgan fingerprint density at radius 1 is 1.29 bits per heavy atom. The summed E-state index contributed by atoms with van der Waals surface area (Å²) < 4.78 is 38.5.